The number of hydrogen-bond acceptors (Lipinski definition) is 1. The number of benzene rings is 10. The van der Waals surface area contributed by atoms with Crippen LogP contribution in [0.15, 0.2) is 249 Å². The third-order valence-electron chi connectivity index (χ3n) is 12.4. The van der Waals surface area contributed by atoms with E-state index in [1.807, 2.05) is 0 Å². The van der Waals surface area contributed by atoms with Gasteiger partial charge >= 0.3 is 0 Å². The van der Waals surface area contributed by atoms with Gasteiger partial charge in [0.2, 0.25) is 0 Å². The van der Waals surface area contributed by atoms with E-state index in [0.29, 0.717) is 0 Å². The number of para-hydroxylation sites is 2. The molecule has 1 nitrogen and oxygen atoms in total. The lowest BCUT2D eigenvalue weighted by atomic mass is 9.67. The third-order valence-corrected chi connectivity index (χ3v) is 12.4. The van der Waals surface area contributed by atoms with Crippen molar-refractivity contribution in [1.82, 2.24) is 0 Å². The maximum absolute atomic E-state index is 2.51. The minimum Gasteiger partial charge on any atom is -0.309 e. The first kappa shape index (κ1) is 35.4. The number of nitrogens with zero attached hydrogens (tertiary/aromatic N) is 1. The summed E-state index contributed by atoms with van der Waals surface area (Å²) < 4.78 is 0. The fraction of sp³-hybridized carbons (Fsp3) is 0.0169. The Morgan fingerprint density at radius 2 is 0.733 bits per heavy atom. The second kappa shape index (κ2) is 14.9. The van der Waals surface area contributed by atoms with E-state index in [2.05, 4.69) is 254 Å². The Kier molecular flexibility index (Phi) is 8.79. The average Bonchev–Trinajstić information content (AvgIpc) is 3.63. The summed E-state index contributed by atoms with van der Waals surface area (Å²) in [5, 5.41) is 2.46. The van der Waals surface area contributed by atoms with Gasteiger partial charge in [0.05, 0.1) is 16.8 Å². The van der Waals surface area contributed by atoms with Crippen LogP contribution in [0.4, 0.5) is 17.1 Å². The SMILES string of the molecule is c1ccc(-c2ccccc2N(c2ccc3c(c2)C(c2ccccc2)(c2ccccc2)c2ccccc2-3)c2ccccc2-c2cccc3cccc(-c4ccccc4)c23)cc1. The molecule has 10 aromatic rings. The Hall–Kier alpha value is -7.74. The van der Waals surface area contributed by atoms with Crippen molar-refractivity contribution < 1.29 is 0 Å². The van der Waals surface area contributed by atoms with Crippen molar-refractivity contribution in [2.45, 2.75) is 5.41 Å². The molecule has 0 unspecified atom stereocenters. The standard InChI is InChI=1S/C59H41N/c1-5-21-42(22-6-1)48-31-14-17-37-56(48)60(57-38-18-15-33-52(57)53-35-20-26-44-25-19-34-49(58(44)53)43-23-7-2-8-24-43)47-39-40-51-50-32-13-16-36-54(50)59(55(51)41-47,45-27-9-3-10-28-45)46-29-11-4-12-30-46/h1-41H. The van der Waals surface area contributed by atoms with Gasteiger partial charge in [0.15, 0.2) is 0 Å². The molecule has 1 aliphatic rings. The van der Waals surface area contributed by atoms with Crippen molar-refractivity contribution in [1.29, 1.82) is 0 Å². The predicted octanol–water partition coefficient (Wildman–Crippen LogP) is 15.7. The molecule has 0 bridgehead atoms. The molecule has 0 saturated carbocycles. The van der Waals surface area contributed by atoms with Crippen LogP contribution in [0.25, 0.3) is 55.3 Å². The van der Waals surface area contributed by atoms with Crippen molar-refractivity contribution in [2.75, 3.05) is 4.90 Å². The van der Waals surface area contributed by atoms with Crippen LogP contribution in [0.1, 0.15) is 22.3 Å². The molecule has 0 saturated heterocycles. The Labute approximate surface area is 352 Å². The smallest absolute Gasteiger partial charge is 0.0714 e. The summed E-state index contributed by atoms with van der Waals surface area (Å²) in [4.78, 5) is 2.51. The van der Waals surface area contributed by atoms with Gasteiger partial charge in [-0.1, -0.05) is 224 Å². The maximum atomic E-state index is 2.51. The van der Waals surface area contributed by atoms with Gasteiger partial charge in [-0.25, -0.2) is 0 Å². The van der Waals surface area contributed by atoms with E-state index in [-0.39, 0.29) is 0 Å². The van der Waals surface area contributed by atoms with Gasteiger partial charge in [0, 0.05) is 16.8 Å². The Bertz CT molecular complexity index is 3090. The lowest BCUT2D eigenvalue weighted by Crippen LogP contribution is -2.28. The van der Waals surface area contributed by atoms with Crippen LogP contribution in [0.3, 0.4) is 0 Å². The zero-order chi connectivity index (χ0) is 39.9. The van der Waals surface area contributed by atoms with Gasteiger partial charge in [0.25, 0.3) is 0 Å². The molecule has 10 aromatic carbocycles. The highest BCUT2D eigenvalue weighted by Crippen LogP contribution is 2.58. The van der Waals surface area contributed by atoms with Gasteiger partial charge in [-0.15, -0.1) is 0 Å². The number of fused-ring (bicyclic) bond motifs is 4. The van der Waals surface area contributed by atoms with E-state index < -0.39 is 5.41 Å². The second-order valence-corrected chi connectivity index (χ2v) is 15.6. The van der Waals surface area contributed by atoms with E-state index in [4.69, 9.17) is 0 Å². The molecule has 0 N–H and O–H groups in total. The highest BCUT2D eigenvalue weighted by molar-refractivity contribution is 6.09. The summed E-state index contributed by atoms with van der Waals surface area (Å²) in [5.41, 5.74) is 17.5. The highest BCUT2D eigenvalue weighted by atomic mass is 15.1. The lowest BCUT2D eigenvalue weighted by molar-refractivity contribution is 0.768. The summed E-state index contributed by atoms with van der Waals surface area (Å²) in [7, 11) is 0. The average molecular weight is 764 g/mol. The molecule has 0 amide bonds. The molecule has 0 spiro atoms. The molecule has 60 heavy (non-hydrogen) atoms. The normalized spacial score (nSPS) is 12.5. The molecule has 0 aromatic heterocycles. The van der Waals surface area contributed by atoms with E-state index in [9.17, 15) is 0 Å². The summed E-state index contributed by atoms with van der Waals surface area (Å²) in [6.07, 6.45) is 0. The van der Waals surface area contributed by atoms with Crippen molar-refractivity contribution in [3.8, 4) is 44.5 Å². The minimum absolute atomic E-state index is 0.533. The maximum Gasteiger partial charge on any atom is 0.0714 e. The van der Waals surface area contributed by atoms with E-state index >= 15 is 0 Å². The quantitative estimate of drug-likeness (QED) is 0.149. The van der Waals surface area contributed by atoms with Crippen molar-refractivity contribution in [3.63, 3.8) is 0 Å². The first-order valence-electron chi connectivity index (χ1n) is 20.8. The largest absolute Gasteiger partial charge is 0.309 e. The summed E-state index contributed by atoms with van der Waals surface area (Å²) in [6, 6.07) is 91.1. The molecule has 0 atom stereocenters. The van der Waals surface area contributed by atoms with Crippen LogP contribution in [-0.4, -0.2) is 0 Å². The Morgan fingerprint density at radius 3 is 1.37 bits per heavy atom. The predicted molar refractivity (Wildman–Crippen MR) is 252 cm³/mol. The van der Waals surface area contributed by atoms with Crippen molar-refractivity contribution in [3.05, 3.63) is 271 Å². The Balaban J connectivity index is 1.22. The zero-order valence-corrected chi connectivity index (χ0v) is 33.1. The lowest BCUT2D eigenvalue weighted by Gasteiger charge is -2.35. The monoisotopic (exact) mass is 763 g/mol. The fourth-order valence-corrected chi connectivity index (χ4v) is 9.83. The number of rotatable bonds is 8. The molecule has 282 valence electrons. The molecule has 0 radical (unpaired) electrons. The van der Waals surface area contributed by atoms with Gasteiger partial charge < -0.3 is 4.90 Å². The van der Waals surface area contributed by atoms with Crippen LogP contribution < -0.4 is 4.90 Å². The Morgan fingerprint density at radius 1 is 0.283 bits per heavy atom. The molecule has 0 heterocycles. The zero-order valence-electron chi connectivity index (χ0n) is 33.1. The second-order valence-electron chi connectivity index (χ2n) is 15.6. The molecule has 0 fully saturated rings. The first-order chi connectivity index (χ1) is 29.8. The van der Waals surface area contributed by atoms with E-state index in [1.165, 1.54) is 66.4 Å². The van der Waals surface area contributed by atoms with Gasteiger partial charge in [-0.05, 0) is 90.7 Å². The summed E-state index contributed by atoms with van der Waals surface area (Å²) in [6.45, 7) is 0. The highest BCUT2D eigenvalue weighted by Gasteiger charge is 2.46. The van der Waals surface area contributed by atoms with Gasteiger partial charge in [-0.3, -0.25) is 0 Å². The summed E-state index contributed by atoms with van der Waals surface area (Å²) in [5.74, 6) is 0. The van der Waals surface area contributed by atoms with E-state index in [1.54, 1.807) is 0 Å². The molecular weight excluding hydrogens is 723 g/mol. The number of anilines is 3. The third kappa shape index (κ3) is 5.70. The molecule has 0 aliphatic heterocycles. The molecule has 1 heteroatoms. The van der Waals surface area contributed by atoms with Gasteiger partial charge in [-0.2, -0.15) is 0 Å². The number of hydrogen-bond donors (Lipinski definition) is 0. The van der Waals surface area contributed by atoms with Crippen molar-refractivity contribution >= 4 is 27.8 Å². The molecule has 11 rings (SSSR count). The van der Waals surface area contributed by atoms with Crippen LogP contribution in [0.5, 0.6) is 0 Å². The molecule has 1 aliphatic carbocycles. The van der Waals surface area contributed by atoms with Crippen LogP contribution in [0.2, 0.25) is 0 Å². The van der Waals surface area contributed by atoms with E-state index in [0.717, 1.165) is 28.2 Å². The van der Waals surface area contributed by atoms with Crippen molar-refractivity contribution in [2.24, 2.45) is 0 Å². The van der Waals surface area contributed by atoms with Crippen LogP contribution >= 0.6 is 0 Å². The van der Waals surface area contributed by atoms with Crippen LogP contribution in [-0.2, 0) is 5.41 Å². The first-order valence-corrected chi connectivity index (χ1v) is 20.8. The summed E-state index contributed by atoms with van der Waals surface area (Å²) >= 11 is 0. The van der Waals surface area contributed by atoms with Crippen LogP contribution in [0, 0.1) is 0 Å². The molecular formula is C59H41N. The van der Waals surface area contributed by atoms with Gasteiger partial charge in [0.1, 0.15) is 0 Å². The minimum atomic E-state index is -0.533. The fourth-order valence-electron chi connectivity index (χ4n) is 9.83. The topological polar surface area (TPSA) is 3.24 Å².